The molecule has 0 aromatic heterocycles. The average molecular weight is 316 g/mol. The maximum atomic E-state index is 11.8. The molecule has 0 radical (unpaired) electrons. The van der Waals surface area contributed by atoms with Crippen molar-refractivity contribution >= 4 is 28.9 Å². The molecule has 0 saturated carbocycles. The van der Waals surface area contributed by atoms with Gasteiger partial charge in [-0.2, -0.15) is 0 Å². The highest BCUT2D eigenvalue weighted by atomic mass is 32.1. The van der Waals surface area contributed by atoms with Crippen LogP contribution in [-0.4, -0.2) is 22.6 Å². The van der Waals surface area contributed by atoms with E-state index in [1.807, 2.05) is 30.3 Å². The van der Waals surface area contributed by atoms with Gasteiger partial charge >= 0.3 is 5.97 Å². The largest absolute Gasteiger partial charge is 0.441 e. The number of ether oxygens (including phenoxy) is 1. The van der Waals surface area contributed by atoms with E-state index in [0.717, 1.165) is 5.56 Å². The van der Waals surface area contributed by atoms with Crippen LogP contribution in [0.5, 0.6) is 0 Å². The third-order valence-electron chi connectivity index (χ3n) is 2.79. The lowest BCUT2D eigenvalue weighted by molar-refractivity contribution is -0.384. The van der Waals surface area contributed by atoms with Crippen LogP contribution >= 0.6 is 12.2 Å². The van der Waals surface area contributed by atoms with Crippen LogP contribution in [0, 0.1) is 10.1 Å². The summed E-state index contributed by atoms with van der Waals surface area (Å²) in [6, 6.07) is 14.4. The average Bonchev–Trinajstić information content (AvgIpc) is 2.55. The van der Waals surface area contributed by atoms with Crippen molar-refractivity contribution in [1.29, 1.82) is 0 Å². The van der Waals surface area contributed by atoms with Crippen LogP contribution in [-0.2, 0) is 4.74 Å². The third kappa shape index (κ3) is 4.10. The molecule has 2 aromatic carbocycles. The molecule has 0 fully saturated rings. The van der Waals surface area contributed by atoms with Crippen molar-refractivity contribution < 1.29 is 14.5 Å². The predicted molar refractivity (Wildman–Crippen MR) is 84.7 cm³/mol. The summed E-state index contributed by atoms with van der Waals surface area (Å²) in [4.78, 5) is 22.2. The smallest absolute Gasteiger partial charge is 0.339 e. The molecule has 6 nitrogen and oxygen atoms in total. The van der Waals surface area contributed by atoms with Crippen molar-refractivity contribution in [3.8, 4) is 0 Å². The number of hydrogen-bond acceptors (Lipinski definition) is 5. The number of nitrogens with one attached hydrogen (secondary N) is 1. The van der Waals surface area contributed by atoms with Gasteiger partial charge in [0.1, 0.15) is 4.99 Å². The van der Waals surface area contributed by atoms with Gasteiger partial charge in [-0.25, -0.2) is 4.79 Å². The van der Waals surface area contributed by atoms with Gasteiger partial charge in [-0.05, 0) is 12.1 Å². The molecule has 0 aliphatic carbocycles. The van der Waals surface area contributed by atoms with E-state index >= 15 is 0 Å². The van der Waals surface area contributed by atoms with Gasteiger partial charge < -0.3 is 10.1 Å². The van der Waals surface area contributed by atoms with Crippen molar-refractivity contribution in [2.45, 2.75) is 0 Å². The summed E-state index contributed by atoms with van der Waals surface area (Å²) >= 11 is 5.16. The molecule has 7 heteroatoms. The van der Waals surface area contributed by atoms with Crippen LogP contribution in [0.15, 0.2) is 54.6 Å². The lowest BCUT2D eigenvalue weighted by atomic mass is 10.2. The minimum Gasteiger partial charge on any atom is -0.441 e. The molecule has 2 rings (SSSR count). The summed E-state index contributed by atoms with van der Waals surface area (Å²) in [7, 11) is 0. The topological polar surface area (TPSA) is 81.5 Å². The third-order valence-corrected chi connectivity index (χ3v) is 3.17. The van der Waals surface area contributed by atoms with Crippen molar-refractivity contribution in [3.63, 3.8) is 0 Å². The fourth-order valence-corrected chi connectivity index (χ4v) is 1.86. The number of esters is 1. The van der Waals surface area contributed by atoms with Crippen LogP contribution < -0.4 is 5.32 Å². The van der Waals surface area contributed by atoms with E-state index in [9.17, 15) is 14.9 Å². The van der Waals surface area contributed by atoms with Crippen molar-refractivity contribution in [2.75, 3.05) is 6.73 Å². The number of hydrogen-bond donors (Lipinski definition) is 1. The normalized spacial score (nSPS) is 9.82. The summed E-state index contributed by atoms with van der Waals surface area (Å²) in [5.74, 6) is -0.585. The Bertz CT molecular complexity index is 686. The molecule has 0 spiro atoms. The Morgan fingerprint density at radius 1 is 1.09 bits per heavy atom. The number of nitrogens with zero attached hydrogens (tertiary/aromatic N) is 1. The maximum absolute atomic E-state index is 11.8. The second-order valence-electron chi connectivity index (χ2n) is 4.25. The molecule has 2 aromatic rings. The van der Waals surface area contributed by atoms with Gasteiger partial charge in [0, 0.05) is 17.7 Å². The number of rotatable bonds is 5. The highest BCUT2D eigenvalue weighted by Gasteiger charge is 2.10. The summed E-state index contributed by atoms with van der Waals surface area (Å²) in [5.41, 5.74) is 0.974. The molecular weight excluding hydrogens is 304 g/mol. The summed E-state index contributed by atoms with van der Waals surface area (Å²) < 4.78 is 5.01. The Kier molecular flexibility index (Phi) is 5.16. The minimum absolute atomic E-state index is 0.0798. The van der Waals surface area contributed by atoms with E-state index in [1.54, 1.807) is 0 Å². The molecule has 0 heterocycles. The van der Waals surface area contributed by atoms with E-state index < -0.39 is 10.9 Å². The van der Waals surface area contributed by atoms with Gasteiger partial charge in [0.15, 0.2) is 6.73 Å². The van der Waals surface area contributed by atoms with Gasteiger partial charge in [0.2, 0.25) is 0 Å². The predicted octanol–water partition coefficient (Wildman–Crippen LogP) is 2.67. The fraction of sp³-hybridized carbons (Fsp3) is 0.0667. The number of non-ortho nitro benzene ring substituents is 1. The Morgan fingerprint density at radius 2 is 1.73 bits per heavy atom. The molecule has 1 N–H and O–H groups in total. The number of carbonyl (C=O) groups is 1. The van der Waals surface area contributed by atoms with E-state index in [2.05, 4.69) is 5.32 Å². The zero-order chi connectivity index (χ0) is 15.9. The zero-order valence-corrected chi connectivity index (χ0v) is 12.2. The van der Waals surface area contributed by atoms with Crippen LogP contribution in [0.4, 0.5) is 5.69 Å². The van der Waals surface area contributed by atoms with E-state index in [-0.39, 0.29) is 18.0 Å². The molecule has 22 heavy (non-hydrogen) atoms. The molecular formula is C15H12N2O4S. The first kappa shape index (κ1) is 15.6. The van der Waals surface area contributed by atoms with Crippen LogP contribution in [0.2, 0.25) is 0 Å². The standard InChI is InChI=1S/C15H12N2O4S/c18-15(12-6-8-13(9-7-12)17(19)20)21-10-16-14(22)11-4-2-1-3-5-11/h1-9H,10H2,(H,16,22). The Balaban J connectivity index is 1.85. The summed E-state index contributed by atoms with van der Waals surface area (Å²) in [6.07, 6.45) is 0. The quantitative estimate of drug-likeness (QED) is 0.300. The number of carbonyl (C=O) groups excluding carboxylic acids is 1. The van der Waals surface area contributed by atoms with E-state index in [1.165, 1.54) is 24.3 Å². The molecule has 112 valence electrons. The number of thiocarbonyl (C=S) groups is 1. The number of nitro benzene ring substituents is 1. The minimum atomic E-state index is -0.585. The second-order valence-corrected chi connectivity index (χ2v) is 4.66. The second kappa shape index (κ2) is 7.28. The van der Waals surface area contributed by atoms with Gasteiger partial charge in [0.05, 0.1) is 10.5 Å². The Labute approximate surface area is 131 Å². The Morgan fingerprint density at radius 3 is 2.32 bits per heavy atom. The van der Waals surface area contributed by atoms with Crippen molar-refractivity contribution in [2.24, 2.45) is 0 Å². The van der Waals surface area contributed by atoms with Gasteiger partial charge in [-0.1, -0.05) is 42.5 Å². The molecule has 0 atom stereocenters. The summed E-state index contributed by atoms with van der Waals surface area (Å²) in [6.45, 7) is -0.0798. The zero-order valence-electron chi connectivity index (χ0n) is 11.4. The first-order valence-corrected chi connectivity index (χ1v) is 6.73. The molecule has 0 amide bonds. The van der Waals surface area contributed by atoms with Gasteiger partial charge in [-0.3, -0.25) is 10.1 Å². The number of nitro groups is 1. The molecule has 0 saturated heterocycles. The highest BCUT2D eigenvalue weighted by Crippen LogP contribution is 2.12. The van der Waals surface area contributed by atoms with Crippen LogP contribution in [0.25, 0.3) is 0 Å². The lowest BCUT2D eigenvalue weighted by Gasteiger charge is -2.09. The number of benzene rings is 2. The molecule has 0 unspecified atom stereocenters. The van der Waals surface area contributed by atoms with Crippen molar-refractivity contribution in [1.82, 2.24) is 5.32 Å². The monoisotopic (exact) mass is 316 g/mol. The summed E-state index contributed by atoms with van der Waals surface area (Å²) in [5, 5.41) is 13.3. The first-order chi connectivity index (χ1) is 10.6. The molecule has 0 aliphatic heterocycles. The van der Waals surface area contributed by atoms with Crippen LogP contribution in [0.1, 0.15) is 15.9 Å². The van der Waals surface area contributed by atoms with Gasteiger partial charge in [0.25, 0.3) is 5.69 Å². The lowest BCUT2D eigenvalue weighted by Crippen LogP contribution is -2.26. The van der Waals surface area contributed by atoms with Crippen LogP contribution in [0.3, 0.4) is 0 Å². The van der Waals surface area contributed by atoms with E-state index in [0.29, 0.717) is 4.99 Å². The van der Waals surface area contributed by atoms with E-state index in [4.69, 9.17) is 17.0 Å². The maximum Gasteiger partial charge on any atom is 0.339 e. The Hall–Kier alpha value is -2.80. The van der Waals surface area contributed by atoms with Gasteiger partial charge in [-0.15, -0.1) is 0 Å². The highest BCUT2D eigenvalue weighted by molar-refractivity contribution is 7.80. The first-order valence-electron chi connectivity index (χ1n) is 6.33. The fourth-order valence-electron chi connectivity index (χ4n) is 1.66. The molecule has 0 bridgehead atoms. The SMILES string of the molecule is O=C(OCNC(=S)c1ccccc1)c1ccc([N+](=O)[O-])cc1. The molecule has 0 aliphatic rings. The van der Waals surface area contributed by atoms with Crippen molar-refractivity contribution in [3.05, 3.63) is 75.8 Å².